The first-order valence-corrected chi connectivity index (χ1v) is 7.78. The number of aromatic amines is 1. The predicted octanol–water partition coefficient (Wildman–Crippen LogP) is 3.41. The van der Waals surface area contributed by atoms with Crippen molar-refractivity contribution in [1.82, 2.24) is 10.1 Å². The van der Waals surface area contributed by atoms with Gasteiger partial charge in [-0.1, -0.05) is 17.3 Å². The number of benzene rings is 1. The van der Waals surface area contributed by atoms with Crippen molar-refractivity contribution in [1.29, 1.82) is 5.26 Å². The van der Waals surface area contributed by atoms with Gasteiger partial charge >= 0.3 is 0 Å². The van der Waals surface area contributed by atoms with Crippen LogP contribution in [0.3, 0.4) is 0 Å². The maximum absolute atomic E-state index is 11.9. The molecule has 6 heteroatoms. The van der Waals surface area contributed by atoms with Crippen LogP contribution in [0.1, 0.15) is 28.3 Å². The molecule has 0 aliphatic heterocycles. The van der Waals surface area contributed by atoms with Gasteiger partial charge in [0.15, 0.2) is 0 Å². The van der Waals surface area contributed by atoms with Crippen molar-refractivity contribution in [2.24, 2.45) is 0 Å². The van der Waals surface area contributed by atoms with Crippen molar-refractivity contribution in [2.75, 3.05) is 0 Å². The third kappa shape index (κ3) is 3.31. The molecule has 0 radical (unpaired) electrons. The van der Waals surface area contributed by atoms with Gasteiger partial charge in [0.1, 0.15) is 29.7 Å². The molecule has 25 heavy (non-hydrogen) atoms. The molecule has 0 aliphatic carbocycles. The van der Waals surface area contributed by atoms with Crippen LogP contribution in [-0.4, -0.2) is 10.1 Å². The lowest BCUT2D eigenvalue weighted by Crippen LogP contribution is -2.12. The highest BCUT2D eigenvalue weighted by atomic mass is 16.5. The summed E-state index contributed by atoms with van der Waals surface area (Å²) < 4.78 is 10.9. The van der Waals surface area contributed by atoms with Crippen molar-refractivity contribution in [2.45, 2.75) is 27.4 Å². The predicted molar refractivity (Wildman–Crippen MR) is 92.3 cm³/mol. The van der Waals surface area contributed by atoms with Gasteiger partial charge < -0.3 is 14.2 Å². The van der Waals surface area contributed by atoms with Gasteiger partial charge in [0.25, 0.3) is 5.56 Å². The second kappa shape index (κ2) is 6.65. The maximum atomic E-state index is 11.9. The highest BCUT2D eigenvalue weighted by molar-refractivity contribution is 5.70. The molecular formula is C19H17N3O3. The number of hydrogen-bond donors (Lipinski definition) is 1. The fraction of sp³-hybridized carbons (Fsp3) is 0.211. The molecule has 3 aromatic rings. The molecule has 1 aromatic carbocycles. The Morgan fingerprint density at radius 1 is 1.24 bits per heavy atom. The van der Waals surface area contributed by atoms with Crippen LogP contribution in [0.5, 0.6) is 5.75 Å². The lowest BCUT2D eigenvalue weighted by atomic mass is 10.0. The minimum atomic E-state index is -0.378. The zero-order valence-electron chi connectivity index (χ0n) is 14.2. The van der Waals surface area contributed by atoms with Crippen molar-refractivity contribution in [3.05, 3.63) is 69.0 Å². The number of hydrogen-bond acceptors (Lipinski definition) is 5. The summed E-state index contributed by atoms with van der Waals surface area (Å²) in [7, 11) is 0. The molecule has 1 N–H and O–H groups in total. The van der Waals surface area contributed by atoms with E-state index in [1.54, 1.807) is 13.0 Å². The Labute approximate surface area is 144 Å². The SMILES string of the molecule is Cc1cc(-c2ccc(OCc3c(C)noc3C)cc2)c(C#N)c(=O)[nH]1. The van der Waals surface area contributed by atoms with Crippen LogP contribution < -0.4 is 10.3 Å². The fourth-order valence-corrected chi connectivity index (χ4v) is 2.62. The molecule has 0 spiro atoms. The summed E-state index contributed by atoms with van der Waals surface area (Å²) in [5, 5.41) is 13.1. The van der Waals surface area contributed by atoms with E-state index in [2.05, 4.69) is 10.1 Å². The van der Waals surface area contributed by atoms with E-state index in [1.165, 1.54) is 0 Å². The summed E-state index contributed by atoms with van der Waals surface area (Å²) in [4.78, 5) is 14.6. The molecule has 0 saturated heterocycles. The van der Waals surface area contributed by atoms with Gasteiger partial charge in [-0.25, -0.2) is 0 Å². The van der Waals surface area contributed by atoms with Crippen LogP contribution in [-0.2, 0) is 6.61 Å². The average molecular weight is 335 g/mol. The number of aryl methyl sites for hydroxylation is 3. The van der Waals surface area contributed by atoms with Crippen LogP contribution in [0.4, 0.5) is 0 Å². The van der Waals surface area contributed by atoms with E-state index in [0.29, 0.717) is 23.6 Å². The molecule has 0 atom stereocenters. The first-order valence-electron chi connectivity index (χ1n) is 7.78. The van der Waals surface area contributed by atoms with Crippen LogP contribution >= 0.6 is 0 Å². The molecule has 0 amide bonds. The highest BCUT2D eigenvalue weighted by Gasteiger charge is 2.12. The van der Waals surface area contributed by atoms with E-state index in [9.17, 15) is 10.1 Å². The molecule has 6 nitrogen and oxygen atoms in total. The Morgan fingerprint density at radius 3 is 2.56 bits per heavy atom. The van der Waals surface area contributed by atoms with E-state index in [-0.39, 0.29) is 11.1 Å². The third-order valence-corrected chi connectivity index (χ3v) is 4.01. The van der Waals surface area contributed by atoms with Gasteiger partial charge in [-0.3, -0.25) is 4.79 Å². The Hall–Kier alpha value is -3.33. The highest BCUT2D eigenvalue weighted by Crippen LogP contribution is 2.25. The Balaban J connectivity index is 1.84. The minimum Gasteiger partial charge on any atom is -0.489 e. The van der Waals surface area contributed by atoms with Crippen LogP contribution in [0, 0.1) is 32.1 Å². The summed E-state index contributed by atoms with van der Waals surface area (Å²) in [6.07, 6.45) is 0. The second-order valence-electron chi connectivity index (χ2n) is 5.80. The summed E-state index contributed by atoms with van der Waals surface area (Å²) in [5.74, 6) is 1.43. The number of ether oxygens (including phenoxy) is 1. The number of aromatic nitrogens is 2. The normalized spacial score (nSPS) is 10.5. The summed E-state index contributed by atoms with van der Waals surface area (Å²) >= 11 is 0. The van der Waals surface area contributed by atoms with E-state index in [0.717, 1.165) is 22.6 Å². The molecule has 3 rings (SSSR count). The van der Waals surface area contributed by atoms with Gasteiger partial charge in [0.05, 0.1) is 11.3 Å². The lowest BCUT2D eigenvalue weighted by molar-refractivity contribution is 0.302. The van der Waals surface area contributed by atoms with Crippen LogP contribution in [0.2, 0.25) is 0 Å². The van der Waals surface area contributed by atoms with Crippen molar-refractivity contribution >= 4 is 0 Å². The van der Waals surface area contributed by atoms with E-state index in [1.807, 2.05) is 44.2 Å². The monoisotopic (exact) mass is 335 g/mol. The summed E-state index contributed by atoms with van der Waals surface area (Å²) in [6.45, 7) is 5.87. The molecule has 2 aromatic heterocycles. The molecule has 0 unspecified atom stereocenters. The first-order chi connectivity index (χ1) is 12.0. The minimum absolute atomic E-state index is 0.106. The number of nitrogens with one attached hydrogen (secondary N) is 1. The van der Waals surface area contributed by atoms with Gasteiger partial charge in [-0.2, -0.15) is 5.26 Å². The number of nitriles is 1. The molecule has 0 fully saturated rings. The van der Waals surface area contributed by atoms with Crippen LogP contribution in [0.25, 0.3) is 11.1 Å². The number of nitrogens with zero attached hydrogens (tertiary/aromatic N) is 2. The zero-order chi connectivity index (χ0) is 18.0. The molecule has 0 bridgehead atoms. The number of H-pyrrole nitrogens is 1. The smallest absolute Gasteiger partial charge is 0.266 e. The Morgan fingerprint density at radius 2 is 1.96 bits per heavy atom. The number of pyridine rings is 1. The largest absolute Gasteiger partial charge is 0.489 e. The van der Waals surface area contributed by atoms with Crippen molar-refractivity contribution in [3.63, 3.8) is 0 Å². The van der Waals surface area contributed by atoms with Crippen molar-refractivity contribution < 1.29 is 9.26 Å². The fourth-order valence-electron chi connectivity index (χ4n) is 2.62. The molecule has 0 aliphatic rings. The van der Waals surface area contributed by atoms with Gasteiger partial charge in [-0.15, -0.1) is 0 Å². The standard InChI is InChI=1S/C19H17N3O3/c1-11-8-16(17(9-20)19(23)21-11)14-4-6-15(7-5-14)24-10-18-12(2)22-25-13(18)3/h4-8H,10H2,1-3H3,(H,21,23). The third-order valence-electron chi connectivity index (χ3n) is 4.01. The van der Waals surface area contributed by atoms with Crippen molar-refractivity contribution in [3.8, 4) is 22.9 Å². The zero-order valence-corrected chi connectivity index (χ0v) is 14.2. The topological polar surface area (TPSA) is 91.9 Å². The molecule has 0 saturated carbocycles. The summed E-state index contributed by atoms with van der Waals surface area (Å²) in [5.41, 5.74) is 3.58. The summed E-state index contributed by atoms with van der Waals surface area (Å²) in [6, 6.07) is 11.0. The van der Waals surface area contributed by atoms with Crippen LogP contribution in [0.15, 0.2) is 39.6 Å². The number of rotatable bonds is 4. The Bertz CT molecular complexity index is 988. The molecular weight excluding hydrogens is 318 g/mol. The molecule has 2 heterocycles. The average Bonchev–Trinajstić information content (AvgIpc) is 2.91. The maximum Gasteiger partial charge on any atom is 0.266 e. The van der Waals surface area contributed by atoms with E-state index < -0.39 is 0 Å². The van der Waals surface area contributed by atoms with E-state index in [4.69, 9.17) is 9.26 Å². The first kappa shape index (κ1) is 16.5. The molecule has 126 valence electrons. The van der Waals surface area contributed by atoms with Gasteiger partial charge in [-0.05, 0) is 44.5 Å². The Kier molecular flexibility index (Phi) is 4.40. The van der Waals surface area contributed by atoms with Gasteiger partial charge in [0, 0.05) is 11.3 Å². The second-order valence-corrected chi connectivity index (χ2v) is 5.80. The quantitative estimate of drug-likeness (QED) is 0.789. The lowest BCUT2D eigenvalue weighted by Gasteiger charge is -2.08. The van der Waals surface area contributed by atoms with Gasteiger partial charge in [0.2, 0.25) is 0 Å². The van der Waals surface area contributed by atoms with E-state index >= 15 is 0 Å².